The van der Waals surface area contributed by atoms with Crippen molar-refractivity contribution in [2.24, 2.45) is 0 Å². The summed E-state index contributed by atoms with van der Waals surface area (Å²) >= 11 is 0. The molecule has 0 saturated carbocycles. The Morgan fingerprint density at radius 1 is 0.963 bits per heavy atom. The van der Waals surface area contributed by atoms with Gasteiger partial charge in [0.2, 0.25) is 0 Å². The first kappa shape index (κ1) is 16.6. The number of aromatic amines is 1. The highest BCUT2D eigenvalue weighted by atomic mass is 16.2. The van der Waals surface area contributed by atoms with Crippen LogP contribution in [0.25, 0.3) is 10.9 Å². The summed E-state index contributed by atoms with van der Waals surface area (Å²) in [4.78, 5) is 20.7. The molecule has 4 heteroatoms. The minimum atomic E-state index is 0.153. The van der Waals surface area contributed by atoms with Crippen LogP contribution >= 0.6 is 0 Å². The molecule has 3 aromatic rings. The van der Waals surface area contributed by atoms with E-state index in [0.29, 0.717) is 6.04 Å². The number of amides is 1. The minimum Gasteiger partial charge on any atom is -0.361 e. The predicted octanol–water partition coefficient (Wildman–Crippen LogP) is 3.48. The molecule has 138 valence electrons. The third-order valence-corrected chi connectivity index (χ3v) is 6.24. The van der Waals surface area contributed by atoms with Gasteiger partial charge < -0.3 is 9.88 Å². The van der Waals surface area contributed by atoms with Crippen LogP contribution in [0.1, 0.15) is 27.9 Å². The number of carbonyl (C=O) groups excluding carboxylic acids is 1. The van der Waals surface area contributed by atoms with Gasteiger partial charge in [-0.25, -0.2) is 0 Å². The van der Waals surface area contributed by atoms with Crippen molar-refractivity contribution in [2.45, 2.75) is 25.3 Å². The lowest BCUT2D eigenvalue weighted by Gasteiger charge is -2.41. The molecule has 5 rings (SSSR count). The summed E-state index contributed by atoms with van der Waals surface area (Å²) in [7, 11) is 0. The van der Waals surface area contributed by atoms with Crippen LogP contribution in [0.4, 0.5) is 0 Å². The molecule has 1 N–H and O–H groups in total. The standard InChI is InChI=1S/C23H25N3O/c27-23(20-6-5-18-9-10-24-22(18)16-20)26-13-11-25(12-14-26)21-8-7-17-3-1-2-4-19(17)15-21/h1-6,9-10,16,21,24H,7-8,11-15H2/t21-/m1/s1. The largest absolute Gasteiger partial charge is 0.361 e. The third-order valence-electron chi connectivity index (χ3n) is 6.24. The van der Waals surface area contributed by atoms with Crippen molar-refractivity contribution in [3.8, 4) is 0 Å². The summed E-state index contributed by atoms with van der Waals surface area (Å²) in [5.41, 5.74) is 4.83. The fraction of sp³-hybridized carbons (Fsp3) is 0.348. The summed E-state index contributed by atoms with van der Waals surface area (Å²) in [5, 5.41) is 1.15. The highest BCUT2D eigenvalue weighted by molar-refractivity contribution is 5.98. The van der Waals surface area contributed by atoms with E-state index in [4.69, 9.17) is 0 Å². The van der Waals surface area contributed by atoms with Crippen LogP contribution in [-0.2, 0) is 12.8 Å². The molecule has 1 saturated heterocycles. The number of rotatable bonds is 2. The van der Waals surface area contributed by atoms with E-state index in [-0.39, 0.29) is 5.91 Å². The van der Waals surface area contributed by atoms with E-state index in [1.54, 1.807) is 0 Å². The van der Waals surface area contributed by atoms with Crippen LogP contribution in [0.15, 0.2) is 54.7 Å². The van der Waals surface area contributed by atoms with E-state index in [0.717, 1.165) is 49.1 Å². The Labute approximate surface area is 159 Å². The normalized spacial score (nSPS) is 20.6. The van der Waals surface area contributed by atoms with Gasteiger partial charge in [-0.2, -0.15) is 0 Å². The van der Waals surface area contributed by atoms with Crippen molar-refractivity contribution >= 4 is 16.8 Å². The lowest BCUT2D eigenvalue weighted by Crippen LogP contribution is -2.53. The summed E-state index contributed by atoms with van der Waals surface area (Å²) in [6, 6.07) is 17.4. The van der Waals surface area contributed by atoms with E-state index in [1.807, 2.05) is 35.4 Å². The van der Waals surface area contributed by atoms with Gasteiger partial charge >= 0.3 is 0 Å². The number of hydrogen-bond acceptors (Lipinski definition) is 2. The van der Waals surface area contributed by atoms with E-state index >= 15 is 0 Å². The molecule has 0 bridgehead atoms. The lowest BCUT2D eigenvalue weighted by molar-refractivity contribution is 0.0553. The van der Waals surface area contributed by atoms with Gasteiger partial charge in [0.1, 0.15) is 0 Å². The average molecular weight is 359 g/mol. The first-order chi connectivity index (χ1) is 13.3. The molecule has 0 spiro atoms. The zero-order valence-electron chi connectivity index (χ0n) is 15.5. The molecule has 2 aliphatic rings. The van der Waals surface area contributed by atoms with E-state index in [1.165, 1.54) is 24.0 Å². The number of nitrogens with one attached hydrogen (secondary N) is 1. The number of fused-ring (bicyclic) bond motifs is 2. The van der Waals surface area contributed by atoms with Crippen LogP contribution in [0.3, 0.4) is 0 Å². The minimum absolute atomic E-state index is 0.153. The smallest absolute Gasteiger partial charge is 0.254 e. The number of aryl methyl sites for hydroxylation is 1. The average Bonchev–Trinajstić information content (AvgIpc) is 3.21. The Balaban J connectivity index is 1.23. The van der Waals surface area contributed by atoms with Crippen LogP contribution in [0.2, 0.25) is 0 Å². The second-order valence-corrected chi connectivity index (χ2v) is 7.77. The van der Waals surface area contributed by atoms with Crippen LogP contribution in [0.5, 0.6) is 0 Å². The molecule has 0 radical (unpaired) electrons. The molecule has 1 aliphatic carbocycles. The van der Waals surface area contributed by atoms with E-state index < -0.39 is 0 Å². The highest BCUT2D eigenvalue weighted by Crippen LogP contribution is 2.25. The maximum absolute atomic E-state index is 12.9. The lowest BCUT2D eigenvalue weighted by atomic mass is 9.87. The van der Waals surface area contributed by atoms with Crippen LogP contribution < -0.4 is 0 Å². The molecule has 1 amide bonds. The Kier molecular flexibility index (Phi) is 4.21. The fourth-order valence-electron chi connectivity index (χ4n) is 4.64. The van der Waals surface area contributed by atoms with Gasteiger partial charge in [0.25, 0.3) is 5.91 Å². The Bertz CT molecular complexity index is 968. The quantitative estimate of drug-likeness (QED) is 0.761. The zero-order chi connectivity index (χ0) is 18.2. The molecule has 27 heavy (non-hydrogen) atoms. The second-order valence-electron chi connectivity index (χ2n) is 7.77. The molecule has 4 nitrogen and oxygen atoms in total. The van der Waals surface area contributed by atoms with Crippen molar-refractivity contribution in [2.75, 3.05) is 26.2 Å². The van der Waals surface area contributed by atoms with E-state index in [9.17, 15) is 4.79 Å². The number of nitrogens with zero attached hydrogens (tertiary/aromatic N) is 2. The van der Waals surface area contributed by atoms with Gasteiger partial charge in [0.05, 0.1) is 0 Å². The van der Waals surface area contributed by atoms with E-state index in [2.05, 4.69) is 34.1 Å². The van der Waals surface area contributed by atoms with Gasteiger partial charge in [-0.05, 0) is 54.0 Å². The second kappa shape index (κ2) is 6.86. The van der Waals surface area contributed by atoms with Gasteiger partial charge in [0, 0.05) is 49.5 Å². The van der Waals surface area contributed by atoms with Crippen molar-refractivity contribution in [3.05, 3.63) is 71.4 Å². The Hall–Kier alpha value is -2.59. The first-order valence-corrected chi connectivity index (χ1v) is 9.95. The fourth-order valence-corrected chi connectivity index (χ4v) is 4.64. The monoisotopic (exact) mass is 359 g/mol. The highest BCUT2D eigenvalue weighted by Gasteiger charge is 2.29. The van der Waals surface area contributed by atoms with Crippen molar-refractivity contribution in [1.82, 2.24) is 14.8 Å². The molecular weight excluding hydrogens is 334 g/mol. The summed E-state index contributed by atoms with van der Waals surface area (Å²) in [6.07, 6.45) is 5.47. The number of hydrogen-bond donors (Lipinski definition) is 1. The van der Waals surface area contributed by atoms with Crippen molar-refractivity contribution in [3.63, 3.8) is 0 Å². The summed E-state index contributed by atoms with van der Waals surface area (Å²) in [6.45, 7) is 3.59. The molecule has 0 unspecified atom stereocenters. The Morgan fingerprint density at radius 2 is 1.78 bits per heavy atom. The number of piperazine rings is 1. The van der Waals surface area contributed by atoms with Gasteiger partial charge in [-0.1, -0.05) is 30.3 Å². The molecule has 1 aliphatic heterocycles. The van der Waals surface area contributed by atoms with Crippen LogP contribution in [0, 0.1) is 0 Å². The Morgan fingerprint density at radius 3 is 2.63 bits per heavy atom. The predicted molar refractivity (Wildman–Crippen MR) is 108 cm³/mol. The number of H-pyrrole nitrogens is 1. The molecule has 2 aromatic carbocycles. The molecule has 2 heterocycles. The SMILES string of the molecule is O=C(c1ccc2cc[nH]c2c1)N1CCN([C@@H]2CCc3ccccc3C2)CC1. The topological polar surface area (TPSA) is 39.3 Å². The van der Waals surface area contributed by atoms with Crippen molar-refractivity contribution in [1.29, 1.82) is 0 Å². The van der Waals surface area contributed by atoms with Gasteiger partial charge in [0.15, 0.2) is 0 Å². The molecular formula is C23H25N3O. The zero-order valence-corrected chi connectivity index (χ0v) is 15.5. The van der Waals surface area contributed by atoms with Gasteiger partial charge in [-0.15, -0.1) is 0 Å². The number of carbonyl (C=O) groups is 1. The maximum Gasteiger partial charge on any atom is 0.254 e. The van der Waals surface area contributed by atoms with Gasteiger partial charge in [-0.3, -0.25) is 9.69 Å². The number of aromatic nitrogens is 1. The number of benzene rings is 2. The summed E-state index contributed by atoms with van der Waals surface area (Å²) in [5.74, 6) is 0.153. The first-order valence-electron chi connectivity index (χ1n) is 9.95. The summed E-state index contributed by atoms with van der Waals surface area (Å²) < 4.78 is 0. The van der Waals surface area contributed by atoms with Crippen molar-refractivity contribution < 1.29 is 4.79 Å². The molecule has 1 aromatic heterocycles. The molecule has 1 fully saturated rings. The van der Waals surface area contributed by atoms with Crippen LogP contribution in [-0.4, -0.2) is 52.9 Å². The third kappa shape index (κ3) is 3.15. The molecule has 1 atom stereocenters. The maximum atomic E-state index is 12.9.